The number of benzene rings is 1. The lowest BCUT2D eigenvalue weighted by Crippen LogP contribution is -1.97. The molecule has 21 heavy (non-hydrogen) atoms. The Hall–Kier alpha value is -1.73. The zero-order valence-corrected chi connectivity index (χ0v) is 13.5. The smallest absolute Gasteiger partial charge is 0.433 e. The molecule has 2 rings (SSSR count). The summed E-state index contributed by atoms with van der Waals surface area (Å²) in [4.78, 5) is 10.0. The van der Waals surface area contributed by atoms with Crippen molar-refractivity contribution in [1.82, 2.24) is 0 Å². The van der Waals surface area contributed by atoms with Crippen molar-refractivity contribution in [3.8, 4) is 11.5 Å². The predicted molar refractivity (Wildman–Crippen MR) is 80.3 cm³/mol. The number of hydrogen-bond donors (Lipinski definition) is 0. The average molecular weight is 377 g/mol. The normalized spacial score (nSPS) is 12.0. The van der Waals surface area contributed by atoms with Crippen molar-refractivity contribution in [2.45, 2.75) is 5.38 Å². The molecule has 0 aliphatic heterocycles. The van der Waals surface area contributed by atoms with Crippen LogP contribution in [0.1, 0.15) is 16.7 Å². The van der Waals surface area contributed by atoms with Crippen molar-refractivity contribution >= 4 is 33.4 Å². The number of hydrogen-bond acceptors (Lipinski definition) is 5. The summed E-state index contributed by atoms with van der Waals surface area (Å²) in [5.74, 6) is 0.966. The van der Waals surface area contributed by atoms with Crippen molar-refractivity contribution in [1.29, 1.82) is 0 Å². The van der Waals surface area contributed by atoms with Crippen molar-refractivity contribution in [3.63, 3.8) is 0 Å². The van der Waals surface area contributed by atoms with E-state index in [1.165, 1.54) is 26.4 Å². The van der Waals surface area contributed by atoms with Gasteiger partial charge in [-0.15, -0.1) is 11.6 Å². The number of halogens is 2. The highest BCUT2D eigenvalue weighted by Crippen LogP contribution is 2.41. The van der Waals surface area contributed by atoms with E-state index in [1.807, 2.05) is 0 Å². The number of alkyl halides is 1. The molecule has 0 saturated heterocycles. The van der Waals surface area contributed by atoms with Gasteiger partial charge in [-0.1, -0.05) is 15.9 Å². The molecule has 1 aromatic heterocycles. The van der Waals surface area contributed by atoms with Gasteiger partial charge in [0.05, 0.1) is 20.3 Å². The molecule has 1 atom stereocenters. The van der Waals surface area contributed by atoms with E-state index in [2.05, 4.69) is 15.9 Å². The summed E-state index contributed by atoms with van der Waals surface area (Å²) in [5.41, 5.74) is 0.651. The van der Waals surface area contributed by atoms with E-state index < -0.39 is 10.3 Å². The lowest BCUT2D eigenvalue weighted by Gasteiger charge is -2.14. The van der Waals surface area contributed by atoms with Crippen LogP contribution in [0.4, 0.5) is 5.88 Å². The van der Waals surface area contributed by atoms with Crippen LogP contribution in [-0.4, -0.2) is 19.1 Å². The van der Waals surface area contributed by atoms with Gasteiger partial charge < -0.3 is 13.9 Å². The minimum atomic E-state index is -0.701. The maximum atomic E-state index is 10.6. The van der Waals surface area contributed by atoms with Gasteiger partial charge in [0.2, 0.25) is 0 Å². The van der Waals surface area contributed by atoms with Gasteiger partial charge in [-0.3, -0.25) is 10.1 Å². The van der Waals surface area contributed by atoms with E-state index >= 15 is 0 Å². The van der Waals surface area contributed by atoms with Crippen molar-refractivity contribution in [3.05, 3.63) is 50.2 Å². The quantitative estimate of drug-likeness (QED) is 0.442. The summed E-state index contributed by atoms with van der Waals surface area (Å²) in [6.07, 6.45) is 0. The van der Waals surface area contributed by atoms with Crippen LogP contribution in [0.3, 0.4) is 0 Å². The second-order valence-corrected chi connectivity index (χ2v) is 5.32. The van der Waals surface area contributed by atoms with Crippen LogP contribution in [0.15, 0.2) is 33.2 Å². The van der Waals surface area contributed by atoms with Crippen LogP contribution in [0, 0.1) is 10.1 Å². The van der Waals surface area contributed by atoms with Crippen LogP contribution >= 0.6 is 27.5 Å². The van der Waals surface area contributed by atoms with Gasteiger partial charge >= 0.3 is 5.88 Å². The summed E-state index contributed by atoms with van der Waals surface area (Å²) >= 11 is 9.73. The molecule has 0 fully saturated rings. The molecule has 1 aromatic carbocycles. The fourth-order valence-electron chi connectivity index (χ4n) is 1.79. The molecule has 0 aliphatic rings. The molecule has 2 aromatic rings. The van der Waals surface area contributed by atoms with Crippen molar-refractivity contribution in [2.24, 2.45) is 0 Å². The SMILES string of the molecule is COc1cc(Br)c(C(Cl)c2ccc([N+](=O)[O-])o2)cc1OC. The third-order valence-corrected chi connectivity index (χ3v) is 3.96. The fraction of sp³-hybridized carbons (Fsp3) is 0.231. The highest BCUT2D eigenvalue weighted by atomic mass is 79.9. The molecule has 8 heteroatoms. The number of rotatable bonds is 5. The molecule has 0 bridgehead atoms. The standard InChI is InChI=1S/C13H11BrClNO5/c1-19-10-5-7(8(14)6-11(10)20-2)13(15)9-3-4-12(21-9)16(17)18/h3-6,13H,1-2H3. The molecule has 6 nitrogen and oxygen atoms in total. The fourth-order valence-corrected chi connectivity index (χ4v) is 2.77. The van der Waals surface area contributed by atoms with Crippen LogP contribution in [-0.2, 0) is 0 Å². The third kappa shape index (κ3) is 3.14. The molecular formula is C13H11BrClNO5. The first-order chi connectivity index (χ1) is 9.97. The second-order valence-electron chi connectivity index (χ2n) is 4.02. The summed E-state index contributed by atoms with van der Waals surface area (Å²) < 4.78 is 16.2. The van der Waals surface area contributed by atoms with Crippen LogP contribution in [0.25, 0.3) is 0 Å². The molecule has 0 spiro atoms. The number of nitrogens with zero attached hydrogens (tertiary/aromatic N) is 1. The second kappa shape index (κ2) is 6.36. The summed E-state index contributed by atoms with van der Waals surface area (Å²) in [6, 6.07) is 6.13. The van der Waals surface area contributed by atoms with E-state index in [-0.39, 0.29) is 11.6 Å². The molecule has 0 radical (unpaired) electrons. The Morgan fingerprint density at radius 2 is 1.90 bits per heavy atom. The van der Waals surface area contributed by atoms with E-state index in [0.29, 0.717) is 21.5 Å². The highest BCUT2D eigenvalue weighted by Gasteiger charge is 2.23. The molecule has 112 valence electrons. The number of ether oxygens (including phenoxy) is 2. The van der Waals surface area contributed by atoms with E-state index in [4.69, 9.17) is 25.5 Å². The lowest BCUT2D eigenvalue weighted by atomic mass is 10.1. The number of furan rings is 1. The first-order valence-corrected chi connectivity index (χ1v) is 7.00. The van der Waals surface area contributed by atoms with Gasteiger partial charge in [0.15, 0.2) is 11.5 Å². The number of nitro groups is 1. The van der Waals surface area contributed by atoms with E-state index in [9.17, 15) is 10.1 Å². The molecule has 0 aliphatic carbocycles. The zero-order chi connectivity index (χ0) is 15.6. The number of methoxy groups -OCH3 is 2. The molecule has 1 unspecified atom stereocenters. The van der Waals surface area contributed by atoms with Gasteiger partial charge in [-0.2, -0.15) is 0 Å². The predicted octanol–water partition coefficient (Wildman–Crippen LogP) is 4.30. The minimum Gasteiger partial charge on any atom is -0.493 e. The van der Waals surface area contributed by atoms with Gasteiger partial charge in [-0.25, -0.2) is 0 Å². The lowest BCUT2D eigenvalue weighted by molar-refractivity contribution is -0.402. The van der Waals surface area contributed by atoms with E-state index in [1.54, 1.807) is 12.1 Å². The Balaban J connectivity index is 2.42. The van der Waals surface area contributed by atoms with Crippen LogP contribution in [0.5, 0.6) is 11.5 Å². The Bertz CT molecular complexity index is 673. The first kappa shape index (κ1) is 15.7. The highest BCUT2D eigenvalue weighted by molar-refractivity contribution is 9.10. The molecule has 1 heterocycles. The third-order valence-electron chi connectivity index (χ3n) is 2.82. The zero-order valence-electron chi connectivity index (χ0n) is 11.1. The van der Waals surface area contributed by atoms with E-state index in [0.717, 1.165) is 0 Å². The molecular weight excluding hydrogens is 366 g/mol. The Morgan fingerprint density at radius 1 is 1.29 bits per heavy atom. The molecule has 0 N–H and O–H groups in total. The van der Waals surface area contributed by atoms with Crippen molar-refractivity contribution in [2.75, 3.05) is 14.2 Å². The monoisotopic (exact) mass is 375 g/mol. The summed E-state index contributed by atoms with van der Waals surface area (Å²) in [7, 11) is 3.04. The topological polar surface area (TPSA) is 74.7 Å². The maximum Gasteiger partial charge on any atom is 0.433 e. The molecule has 0 amide bonds. The van der Waals surface area contributed by atoms with Gasteiger partial charge in [0.25, 0.3) is 0 Å². The average Bonchev–Trinajstić information content (AvgIpc) is 2.96. The summed E-state index contributed by atoms with van der Waals surface area (Å²) in [5, 5.41) is 9.95. The van der Waals surface area contributed by atoms with Crippen LogP contribution < -0.4 is 9.47 Å². The largest absolute Gasteiger partial charge is 0.493 e. The molecule has 0 saturated carbocycles. The Labute approximate surface area is 133 Å². The van der Waals surface area contributed by atoms with Gasteiger partial charge in [0.1, 0.15) is 16.1 Å². The van der Waals surface area contributed by atoms with Gasteiger partial charge in [-0.05, 0) is 23.8 Å². The van der Waals surface area contributed by atoms with Gasteiger partial charge in [0, 0.05) is 4.47 Å². The Kier molecular flexibility index (Phi) is 4.74. The summed E-state index contributed by atoms with van der Waals surface area (Å²) in [6.45, 7) is 0. The minimum absolute atomic E-state index is 0.274. The maximum absolute atomic E-state index is 10.6. The Morgan fingerprint density at radius 3 is 2.43 bits per heavy atom. The van der Waals surface area contributed by atoms with Crippen LogP contribution in [0.2, 0.25) is 0 Å². The van der Waals surface area contributed by atoms with Crippen molar-refractivity contribution < 1.29 is 18.8 Å². The first-order valence-electron chi connectivity index (χ1n) is 5.77.